The first kappa shape index (κ1) is 12.0. The van der Waals surface area contributed by atoms with Crippen molar-refractivity contribution < 1.29 is 14.3 Å². The first-order valence-electron chi connectivity index (χ1n) is 6.42. The summed E-state index contributed by atoms with van der Waals surface area (Å²) in [7, 11) is 0. The lowest BCUT2D eigenvalue weighted by Gasteiger charge is -2.32. The molecule has 19 heavy (non-hydrogen) atoms. The molecule has 2 N–H and O–H groups in total. The maximum absolute atomic E-state index is 11.9. The van der Waals surface area contributed by atoms with Gasteiger partial charge in [0.1, 0.15) is 11.4 Å². The van der Waals surface area contributed by atoms with Crippen LogP contribution in [0.5, 0.6) is 5.75 Å². The summed E-state index contributed by atoms with van der Waals surface area (Å²) in [6.07, 6.45) is 1.88. The molecule has 1 heterocycles. The zero-order valence-corrected chi connectivity index (χ0v) is 10.9. The van der Waals surface area contributed by atoms with Crippen molar-refractivity contribution >= 4 is 23.2 Å². The second-order valence-electron chi connectivity index (χ2n) is 5.51. The molecule has 2 aliphatic rings. The van der Waals surface area contributed by atoms with Gasteiger partial charge in [0.2, 0.25) is 5.91 Å². The second-order valence-corrected chi connectivity index (χ2v) is 5.51. The zero-order chi connectivity index (χ0) is 13.6. The van der Waals surface area contributed by atoms with Crippen LogP contribution in [0.3, 0.4) is 0 Å². The maximum Gasteiger partial charge on any atom is 0.268 e. The van der Waals surface area contributed by atoms with E-state index in [9.17, 15) is 9.59 Å². The van der Waals surface area contributed by atoms with Gasteiger partial charge in [-0.05, 0) is 38.8 Å². The molecule has 0 aromatic heterocycles. The summed E-state index contributed by atoms with van der Waals surface area (Å²) in [5.41, 5.74) is 0.241. The van der Waals surface area contributed by atoms with E-state index in [2.05, 4.69) is 10.6 Å². The normalized spacial score (nSPS) is 20.0. The molecule has 0 atom stereocenters. The van der Waals surface area contributed by atoms with Crippen LogP contribution in [-0.2, 0) is 9.59 Å². The Kier molecular flexibility index (Phi) is 2.52. The first-order valence-corrected chi connectivity index (χ1v) is 6.42. The van der Waals surface area contributed by atoms with Gasteiger partial charge in [-0.1, -0.05) is 6.07 Å². The Balaban J connectivity index is 1.91. The number of carbonyl (C=O) groups is 2. The van der Waals surface area contributed by atoms with Crippen molar-refractivity contribution in [2.24, 2.45) is 5.92 Å². The van der Waals surface area contributed by atoms with E-state index >= 15 is 0 Å². The molecule has 0 saturated heterocycles. The number of carbonyl (C=O) groups excluding carboxylic acids is 2. The molecule has 3 rings (SSSR count). The average Bonchev–Trinajstić information content (AvgIpc) is 3.15. The van der Waals surface area contributed by atoms with Crippen molar-refractivity contribution in [3.8, 4) is 5.75 Å². The Morgan fingerprint density at radius 3 is 2.84 bits per heavy atom. The van der Waals surface area contributed by atoms with E-state index in [1.165, 1.54) is 0 Å². The van der Waals surface area contributed by atoms with Crippen LogP contribution >= 0.6 is 0 Å². The minimum atomic E-state index is -0.897. The summed E-state index contributed by atoms with van der Waals surface area (Å²) in [4.78, 5) is 23.7. The minimum absolute atomic E-state index is 0.00693. The van der Waals surface area contributed by atoms with Gasteiger partial charge in [0.25, 0.3) is 5.91 Å². The quantitative estimate of drug-likeness (QED) is 0.856. The van der Waals surface area contributed by atoms with E-state index in [4.69, 9.17) is 4.74 Å². The van der Waals surface area contributed by atoms with Crippen LogP contribution in [0.2, 0.25) is 0 Å². The molecule has 0 radical (unpaired) electrons. The molecule has 1 aromatic carbocycles. The predicted octanol–water partition coefficient (Wildman–Crippen LogP) is 2.14. The minimum Gasteiger partial charge on any atom is -0.476 e. The van der Waals surface area contributed by atoms with Crippen LogP contribution in [0.15, 0.2) is 18.2 Å². The number of hydrogen-bond donors (Lipinski definition) is 2. The Bertz CT molecular complexity index is 562. The maximum atomic E-state index is 11.9. The fourth-order valence-electron chi connectivity index (χ4n) is 2.01. The van der Waals surface area contributed by atoms with Crippen molar-refractivity contribution in [1.82, 2.24) is 0 Å². The lowest BCUT2D eigenvalue weighted by atomic mass is 10.1. The Morgan fingerprint density at radius 1 is 1.42 bits per heavy atom. The van der Waals surface area contributed by atoms with Gasteiger partial charge in [-0.25, -0.2) is 0 Å². The van der Waals surface area contributed by atoms with Crippen LogP contribution in [0.25, 0.3) is 0 Å². The van der Waals surface area contributed by atoms with Gasteiger partial charge >= 0.3 is 0 Å². The number of anilines is 2. The van der Waals surface area contributed by atoms with E-state index in [-0.39, 0.29) is 17.7 Å². The van der Waals surface area contributed by atoms with E-state index in [0.717, 1.165) is 12.8 Å². The summed E-state index contributed by atoms with van der Waals surface area (Å²) in [5.74, 6) is 0.492. The third-order valence-corrected chi connectivity index (χ3v) is 3.38. The van der Waals surface area contributed by atoms with E-state index in [0.29, 0.717) is 17.1 Å². The Labute approximate surface area is 111 Å². The monoisotopic (exact) mass is 260 g/mol. The lowest BCUT2D eigenvalue weighted by Crippen LogP contribution is -2.45. The van der Waals surface area contributed by atoms with Gasteiger partial charge in [-0.2, -0.15) is 0 Å². The number of para-hydroxylation sites is 1. The highest BCUT2D eigenvalue weighted by Gasteiger charge is 2.37. The lowest BCUT2D eigenvalue weighted by molar-refractivity contribution is -0.129. The summed E-state index contributed by atoms with van der Waals surface area (Å²) >= 11 is 0. The second kappa shape index (κ2) is 3.98. The fraction of sp³-hybridized carbons (Fsp3) is 0.429. The molecule has 0 bridgehead atoms. The smallest absolute Gasteiger partial charge is 0.268 e. The number of amides is 2. The van der Waals surface area contributed by atoms with Gasteiger partial charge in [0.05, 0.1) is 5.69 Å². The number of benzene rings is 1. The standard InChI is InChI=1S/C14H16N2O3/c1-14(2)13(18)16-11-9(4-3-5-10(11)19-14)15-12(17)8-6-7-8/h3-5,8H,6-7H2,1-2H3,(H,15,17)(H,16,18). The average molecular weight is 260 g/mol. The molecule has 1 aromatic rings. The van der Waals surface area contributed by atoms with E-state index < -0.39 is 5.60 Å². The zero-order valence-electron chi connectivity index (χ0n) is 10.9. The molecule has 5 nitrogen and oxygen atoms in total. The van der Waals surface area contributed by atoms with Crippen molar-refractivity contribution in [3.63, 3.8) is 0 Å². The molecule has 0 spiro atoms. The molecule has 0 unspecified atom stereocenters. The molecule has 1 saturated carbocycles. The summed E-state index contributed by atoms with van der Waals surface area (Å²) in [6.45, 7) is 3.42. The molecule has 5 heteroatoms. The number of ether oxygens (including phenoxy) is 1. The predicted molar refractivity (Wildman–Crippen MR) is 71.1 cm³/mol. The largest absolute Gasteiger partial charge is 0.476 e. The Hall–Kier alpha value is -2.04. The topological polar surface area (TPSA) is 67.4 Å². The van der Waals surface area contributed by atoms with Crippen LogP contribution in [0, 0.1) is 5.92 Å². The number of rotatable bonds is 2. The molecular weight excluding hydrogens is 244 g/mol. The Morgan fingerprint density at radius 2 is 2.16 bits per heavy atom. The molecule has 100 valence electrons. The number of fused-ring (bicyclic) bond motifs is 1. The third kappa shape index (κ3) is 2.16. The van der Waals surface area contributed by atoms with Crippen LogP contribution in [0.4, 0.5) is 11.4 Å². The molecule has 1 fully saturated rings. The highest BCUT2D eigenvalue weighted by Crippen LogP contribution is 2.40. The number of hydrogen-bond acceptors (Lipinski definition) is 3. The SMILES string of the molecule is CC1(C)Oc2cccc(NC(=O)C3CC3)c2NC1=O. The van der Waals surface area contributed by atoms with Crippen molar-refractivity contribution in [3.05, 3.63) is 18.2 Å². The van der Waals surface area contributed by atoms with Crippen LogP contribution in [0.1, 0.15) is 26.7 Å². The van der Waals surface area contributed by atoms with Crippen molar-refractivity contribution in [1.29, 1.82) is 0 Å². The van der Waals surface area contributed by atoms with Crippen molar-refractivity contribution in [2.75, 3.05) is 10.6 Å². The summed E-state index contributed by atoms with van der Waals surface area (Å²) in [5, 5.41) is 5.65. The summed E-state index contributed by atoms with van der Waals surface area (Å²) in [6, 6.07) is 5.35. The van der Waals surface area contributed by atoms with Gasteiger partial charge < -0.3 is 15.4 Å². The van der Waals surface area contributed by atoms with Crippen LogP contribution in [-0.4, -0.2) is 17.4 Å². The third-order valence-electron chi connectivity index (χ3n) is 3.38. The summed E-state index contributed by atoms with van der Waals surface area (Å²) < 4.78 is 5.67. The van der Waals surface area contributed by atoms with E-state index in [1.807, 2.05) is 0 Å². The molecule has 2 amide bonds. The van der Waals surface area contributed by atoms with Gasteiger partial charge in [-0.3, -0.25) is 9.59 Å². The van der Waals surface area contributed by atoms with Crippen LogP contribution < -0.4 is 15.4 Å². The number of nitrogens with one attached hydrogen (secondary N) is 2. The molecule has 1 aliphatic heterocycles. The highest BCUT2D eigenvalue weighted by molar-refractivity contribution is 6.06. The van der Waals surface area contributed by atoms with Crippen molar-refractivity contribution in [2.45, 2.75) is 32.3 Å². The van der Waals surface area contributed by atoms with Gasteiger partial charge in [0.15, 0.2) is 5.60 Å². The van der Waals surface area contributed by atoms with E-state index in [1.54, 1.807) is 32.0 Å². The highest BCUT2D eigenvalue weighted by atomic mass is 16.5. The molecular formula is C14H16N2O3. The first-order chi connectivity index (χ1) is 8.97. The molecule has 1 aliphatic carbocycles. The fourth-order valence-corrected chi connectivity index (χ4v) is 2.01. The van der Waals surface area contributed by atoms with Gasteiger partial charge in [0, 0.05) is 5.92 Å². The van der Waals surface area contributed by atoms with Gasteiger partial charge in [-0.15, -0.1) is 0 Å².